The molecular formula is C18H15ClN2O2S. The van der Waals surface area contributed by atoms with E-state index in [1.54, 1.807) is 18.3 Å². The number of rotatable bonds is 4. The molecule has 1 N–H and O–H groups in total. The molecule has 24 heavy (non-hydrogen) atoms. The van der Waals surface area contributed by atoms with E-state index in [0.717, 1.165) is 34.7 Å². The second-order valence-corrected chi connectivity index (χ2v) is 8.09. The topological polar surface area (TPSA) is 59.1 Å². The van der Waals surface area contributed by atoms with Crippen molar-refractivity contribution in [2.75, 3.05) is 0 Å². The van der Waals surface area contributed by atoms with Crippen LogP contribution in [0.2, 0.25) is 5.15 Å². The monoisotopic (exact) mass is 358 g/mol. The summed E-state index contributed by atoms with van der Waals surface area (Å²) in [4.78, 5) is 4.37. The van der Waals surface area contributed by atoms with Crippen LogP contribution in [0.25, 0.3) is 21.9 Å². The van der Waals surface area contributed by atoms with Crippen LogP contribution in [0.3, 0.4) is 0 Å². The molecule has 1 aromatic heterocycles. The van der Waals surface area contributed by atoms with E-state index in [0.29, 0.717) is 10.0 Å². The second-order valence-electron chi connectivity index (χ2n) is 5.99. The molecule has 1 aliphatic rings. The lowest BCUT2D eigenvalue weighted by Crippen LogP contribution is -2.25. The fraction of sp³-hybridized carbons (Fsp3) is 0.167. The maximum Gasteiger partial charge on any atom is 0.240 e. The minimum Gasteiger partial charge on any atom is -0.244 e. The summed E-state index contributed by atoms with van der Waals surface area (Å²) in [6.07, 6.45) is 3.58. The normalized spacial score (nSPS) is 14.9. The SMILES string of the molecule is O=S(=O)(NC1CC1)c1ccc(-c2ccc3cnc(Cl)cc3c2)cc1. The van der Waals surface area contributed by atoms with Gasteiger partial charge in [0.05, 0.1) is 4.90 Å². The van der Waals surface area contributed by atoms with Crippen LogP contribution < -0.4 is 4.72 Å². The number of pyridine rings is 1. The van der Waals surface area contributed by atoms with E-state index >= 15 is 0 Å². The molecule has 1 saturated carbocycles. The molecule has 0 amide bonds. The summed E-state index contributed by atoms with van der Waals surface area (Å²) in [5, 5.41) is 2.46. The van der Waals surface area contributed by atoms with Crippen molar-refractivity contribution in [3.05, 3.63) is 59.9 Å². The summed E-state index contributed by atoms with van der Waals surface area (Å²) >= 11 is 5.95. The second kappa shape index (κ2) is 5.84. The summed E-state index contributed by atoms with van der Waals surface area (Å²) < 4.78 is 27.1. The number of nitrogens with one attached hydrogen (secondary N) is 1. The smallest absolute Gasteiger partial charge is 0.240 e. The Bertz CT molecular complexity index is 1010. The van der Waals surface area contributed by atoms with Gasteiger partial charge in [0.1, 0.15) is 5.15 Å². The zero-order valence-corrected chi connectivity index (χ0v) is 14.3. The molecule has 1 heterocycles. The van der Waals surface area contributed by atoms with Gasteiger partial charge in [-0.15, -0.1) is 0 Å². The van der Waals surface area contributed by atoms with Crippen molar-refractivity contribution in [1.29, 1.82) is 0 Å². The largest absolute Gasteiger partial charge is 0.244 e. The third-order valence-corrected chi connectivity index (χ3v) is 5.83. The Balaban J connectivity index is 1.67. The van der Waals surface area contributed by atoms with E-state index in [1.807, 2.05) is 36.4 Å². The highest BCUT2D eigenvalue weighted by Gasteiger charge is 2.27. The molecule has 1 fully saturated rings. The Hall–Kier alpha value is -1.95. The Morgan fingerprint density at radius 2 is 1.67 bits per heavy atom. The van der Waals surface area contributed by atoms with Gasteiger partial charge in [0.15, 0.2) is 0 Å². The van der Waals surface area contributed by atoms with Gasteiger partial charge in [0, 0.05) is 17.6 Å². The summed E-state index contributed by atoms with van der Waals surface area (Å²) in [6, 6.07) is 14.9. The molecule has 4 nitrogen and oxygen atoms in total. The summed E-state index contributed by atoms with van der Waals surface area (Å²) in [6.45, 7) is 0. The number of hydrogen-bond donors (Lipinski definition) is 1. The first-order chi connectivity index (χ1) is 11.5. The Morgan fingerprint density at radius 3 is 2.38 bits per heavy atom. The van der Waals surface area contributed by atoms with Gasteiger partial charge in [0.25, 0.3) is 0 Å². The van der Waals surface area contributed by atoms with E-state index in [2.05, 4.69) is 9.71 Å². The van der Waals surface area contributed by atoms with Crippen LogP contribution in [-0.4, -0.2) is 19.4 Å². The molecule has 0 spiro atoms. The zero-order chi connectivity index (χ0) is 16.7. The van der Waals surface area contributed by atoms with Crippen molar-refractivity contribution >= 4 is 32.4 Å². The minimum absolute atomic E-state index is 0.105. The van der Waals surface area contributed by atoms with Gasteiger partial charge in [-0.25, -0.2) is 18.1 Å². The first-order valence-corrected chi connectivity index (χ1v) is 9.55. The summed E-state index contributed by atoms with van der Waals surface area (Å²) in [7, 11) is -3.41. The van der Waals surface area contributed by atoms with E-state index in [9.17, 15) is 8.42 Å². The maximum absolute atomic E-state index is 12.2. The van der Waals surface area contributed by atoms with Crippen LogP contribution >= 0.6 is 11.6 Å². The molecule has 0 saturated heterocycles. The lowest BCUT2D eigenvalue weighted by Gasteiger charge is -2.08. The third-order valence-electron chi connectivity index (χ3n) is 4.09. The Labute approximate surface area is 145 Å². The fourth-order valence-corrected chi connectivity index (χ4v) is 4.08. The van der Waals surface area contributed by atoms with Crippen molar-refractivity contribution in [1.82, 2.24) is 9.71 Å². The Kier molecular flexibility index (Phi) is 3.79. The standard InChI is InChI=1S/C18H15ClN2O2S/c19-18-10-15-9-13(1-2-14(15)11-20-18)12-3-7-17(8-4-12)24(22,23)21-16-5-6-16/h1-4,7-11,16,21H,5-6H2. The Morgan fingerprint density at radius 1 is 0.958 bits per heavy atom. The van der Waals surface area contributed by atoms with Gasteiger partial charge in [-0.1, -0.05) is 35.9 Å². The molecule has 3 aromatic rings. The number of aromatic nitrogens is 1. The van der Waals surface area contributed by atoms with Crippen molar-refractivity contribution in [2.24, 2.45) is 0 Å². The average Bonchev–Trinajstić information content (AvgIpc) is 3.37. The molecule has 1 aliphatic carbocycles. The molecular weight excluding hydrogens is 344 g/mol. The van der Waals surface area contributed by atoms with Gasteiger partial charge >= 0.3 is 0 Å². The van der Waals surface area contributed by atoms with Crippen molar-refractivity contribution in [2.45, 2.75) is 23.8 Å². The first kappa shape index (κ1) is 15.6. The predicted octanol–water partition coefficient (Wildman–Crippen LogP) is 4.00. The number of sulfonamides is 1. The van der Waals surface area contributed by atoms with Crippen LogP contribution in [-0.2, 0) is 10.0 Å². The van der Waals surface area contributed by atoms with E-state index in [1.165, 1.54) is 0 Å². The number of hydrogen-bond acceptors (Lipinski definition) is 3. The lowest BCUT2D eigenvalue weighted by atomic mass is 10.0. The number of nitrogens with zero attached hydrogens (tertiary/aromatic N) is 1. The summed E-state index contributed by atoms with van der Waals surface area (Å²) in [5.41, 5.74) is 1.96. The maximum atomic E-state index is 12.2. The highest BCUT2D eigenvalue weighted by molar-refractivity contribution is 7.89. The molecule has 0 unspecified atom stereocenters. The van der Waals surface area contributed by atoms with Gasteiger partial charge < -0.3 is 0 Å². The molecule has 6 heteroatoms. The highest BCUT2D eigenvalue weighted by Crippen LogP contribution is 2.27. The van der Waals surface area contributed by atoms with Crippen molar-refractivity contribution in [3.8, 4) is 11.1 Å². The molecule has 0 radical (unpaired) electrons. The lowest BCUT2D eigenvalue weighted by molar-refractivity contribution is 0.581. The number of fused-ring (bicyclic) bond motifs is 1. The van der Waals surface area contributed by atoms with Crippen LogP contribution in [0.1, 0.15) is 12.8 Å². The molecule has 0 atom stereocenters. The van der Waals surface area contributed by atoms with Crippen molar-refractivity contribution in [3.63, 3.8) is 0 Å². The van der Waals surface area contributed by atoms with Crippen LogP contribution in [0, 0.1) is 0 Å². The minimum atomic E-state index is -3.41. The number of benzene rings is 2. The third kappa shape index (κ3) is 3.15. The highest BCUT2D eigenvalue weighted by atomic mass is 35.5. The number of halogens is 1. The van der Waals surface area contributed by atoms with Gasteiger partial charge in [-0.2, -0.15) is 0 Å². The summed E-state index contributed by atoms with van der Waals surface area (Å²) in [5.74, 6) is 0. The first-order valence-electron chi connectivity index (χ1n) is 7.69. The van der Waals surface area contributed by atoms with E-state index in [-0.39, 0.29) is 6.04 Å². The van der Waals surface area contributed by atoms with Crippen LogP contribution in [0.5, 0.6) is 0 Å². The molecule has 2 aromatic carbocycles. The van der Waals surface area contributed by atoms with Crippen molar-refractivity contribution < 1.29 is 8.42 Å². The zero-order valence-electron chi connectivity index (χ0n) is 12.7. The van der Waals surface area contributed by atoms with Gasteiger partial charge in [0.2, 0.25) is 10.0 Å². The fourth-order valence-electron chi connectivity index (χ4n) is 2.61. The molecule has 122 valence electrons. The van der Waals surface area contributed by atoms with Gasteiger partial charge in [-0.05, 0) is 53.6 Å². The molecule has 0 aliphatic heterocycles. The van der Waals surface area contributed by atoms with Crippen LogP contribution in [0.4, 0.5) is 0 Å². The quantitative estimate of drug-likeness (QED) is 0.717. The molecule has 0 bridgehead atoms. The van der Waals surface area contributed by atoms with E-state index in [4.69, 9.17) is 11.6 Å². The van der Waals surface area contributed by atoms with Gasteiger partial charge in [-0.3, -0.25) is 0 Å². The molecule has 4 rings (SSSR count). The average molecular weight is 359 g/mol. The van der Waals surface area contributed by atoms with E-state index < -0.39 is 10.0 Å². The predicted molar refractivity (Wildman–Crippen MR) is 95.5 cm³/mol. The van der Waals surface area contributed by atoms with Crippen LogP contribution in [0.15, 0.2) is 59.6 Å².